The van der Waals surface area contributed by atoms with Gasteiger partial charge in [0.25, 0.3) is 0 Å². The molecule has 86 heavy (non-hydrogen) atoms. The third-order valence-electron chi connectivity index (χ3n) is 17.8. The molecule has 12 unspecified atom stereocenters. The van der Waals surface area contributed by atoms with E-state index in [9.17, 15) is 45.6 Å². The molecule has 0 spiro atoms. The Bertz CT molecular complexity index is 1580. The fourth-order valence-corrected chi connectivity index (χ4v) is 12.0. The summed E-state index contributed by atoms with van der Waals surface area (Å²) in [5.41, 5.74) is 0. The van der Waals surface area contributed by atoms with Crippen LogP contribution in [-0.4, -0.2) is 140 Å². The Labute approximate surface area is 525 Å². The number of hydrogen-bond acceptors (Lipinski definition) is 13. The van der Waals surface area contributed by atoms with E-state index in [4.69, 9.17) is 18.9 Å². The normalized spacial score (nSPS) is 23.6. The Hall–Kier alpha value is -1.79. The maximum Gasteiger partial charge on any atom is 0.220 e. The molecule has 14 heteroatoms. The van der Waals surface area contributed by atoms with E-state index in [0.29, 0.717) is 12.8 Å². The zero-order valence-electron chi connectivity index (χ0n) is 55.1. The molecule has 14 nitrogen and oxygen atoms in total. The van der Waals surface area contributed by atoms with Gasteiger partial charge in [0.1, 0.15) is 48.8 Å². The number of carbonyl (C=O) groups is 1. The van der Waals surface area contributed by atoms with Gasteiger partial charge in [0.2, 0.25) is 5.91 Å². The van der Waals surface area contributed by atoms with E-state index in [0.717, 1.165) is 44.9 Å². The Morgan fingerprint density at radius 2 is 0.744 bits per heavy atom. The lowest BCUT2D eigenvalue weighted by Crippen LogP contribution is -2.65. The number of ether oxygens (including phenoxy) is 4. The van der Waals surface area contributed by atoms with E-state index in [1.807, 2.05) is 6.08 Å². The van der Waals surface area contributed by atoms with Gasteiger partial charge in [0.05, 0.1) is 32.0 Å². The maximum absolute atomic E-state index is 13.3. The van der Waals surface area contributed by atoms with E-state index in [1.165, 1.54) is 244 Å². The van der Waals surface area contributed by atoms with Gasteiger partial charge in [0.15, 0.2) is 12.6 Å². The van der Waals surface area contributed by atoms with Crippen LogP contribution in [0, 0.1) is 0 Å². The number of amides is 1. The molecule has 506 valence electrons. The molecule has 2 heterocycles. The van der Waals surface area contributed by atoms with Gasteiger partial charge in [-0.2, -0.15) is 0 Å². The van der Waals surface area contributed by atoms with Gasteiger partial charge in [-0.05, 0) is 44.9 Å². The van der Waals surface area contributed by atoms with E-state index >= 15 is 0 Å². The molecule has 2 aliphatic heterocycles. The van der Waals surface area contributed by atoms with Crippen LogP contribution in [0.25, 0.3) is 0 Å². The van der Waals surface area contributed by atoms with Gasteiger partial charge in [0, 0.05) is 6.42 Å². The minimum atomic E-state index is -1.79. The Morgan fingerprint density at radius 3 is 1.14 bits per heavy atom. The molecule has 9 N–H and O–H groups in total. The van der Waals surface area contributed by atoms with Crippen molar-refractivity contribution in [3.63, 3.8) is 0 Å². The predicted molar refractivity (Wildman–Crippen MR) is 351 cm³/mol. The topological polar surface area (TPSA) is 228 Å². The summed E-state index contributed by atoms with van der Waals surface area (Å²) in [6, 6.07) is -0.935. The zero-order chi connectivity index (χ0) is 62.3. The van der Waals surface area contributed by atoms with Gasteiger partial charge < -0.3 is 65.1 Å². The maximum atomic E-state index is 13.3. The van der Waals surface area contributed by atoms with Crippen molar-refractivity contribution in [1.29, 1.82) is 0 Å². The quantitative estimate of drug-likeness (QED) is 0.0204. The molecular weight excluding hydrogens is 1090 g/mol. The number of nitrogens with one attached hydrogen (secondary N) is 1. The Morgan fingerprint density at radius 1 is 0.407 bits per heavy atom. The number of hydrogen-bond donors (Lipinski definition) is 9. The van der Waals surface area contributed by atoms with Crippen LogP contribution in [0.15, 0.2) is 36.5 Å². The van der Waals surface area contributed by atoms with Crippen LogP contribution in [0.5, 0.6) is 0 Å². The highest BCUT2D eigenvalue weighted by molar-refractivity contribution is 5.76. The standard InChI is InChI=1S/C72H135NO13/c1-3-5-7-9-11-13-15-17-18-19-20-21-22-23-24-25-26-27-28-29-30-31-32-33-34-35-36-37-38-39-40-41-42-44-46-48-50-52-54-56-64(77)73-60(61(76)55-53-51-49-47-45-43-16-14-12-10-8-6-4-2)59-83-71-69(82)67(80)70(63(58-75)85-71)86-72-68(81)66(79)65(78)62(57-74)84-72/h12,14,45,47,53,55,60-63,65-72,74-76,78-82H,3-11,13,15-44,46,48-52,54,56-59H2,1-2H3,(H,73,77)/b14-12+,47-45+,55-53+. The number of rotatable bonds is 60. The molecule has 0 aromatic heterocycles. The number of unbranched alkanes of at least 4 members (excludes halogenated alkanes) is 43. The molecule has 0 radical (unpaired) electrons. The SMILES string of the molecule is CCCCC/C=C/CC/C=C/CC/C=C/C(O)C(COC1OC(CO)C(OC2OC(CO)C(O)C(O)C2O)C(O)C1O)NC(=O)CCCCCCCCCCCCCCCCCCCCCCCCCCCCCCCCCCCCCCCCC. The summed E-state index contributed by atoms with van der Waals surface area (Å²) < 4.78 is 22.8. The molecule has 0 bridgehead atoms. The minimum absolute atomic E-state index is 0.249. The van der Waals surface area contributed by atoms with Crippen molar-refractivity contribution in [3.8, 4) is 0 Å². The van der Waals surface area contributed by atoms with E-state index in [1.54, 1.807) is 6.08 Å². The third kappa shape index (κ3) is 40.8. The zero-order valence-corrected chi connectivity index (χ0v) is 55.1. The summed E-state index contributed by atoms with van der Waals surface area (Å²) in [5, 5.41) is 87.1. The highest BCUT2D eigenvalue weighted by Gasteiger charge is 2.51. The van der Waals surface area contributed by atoms with Crippen LogP contribution in [0.3, 0.4) is 0 Å². The second-order valence-corrected chi connectivity index (χ2v) is 25.7. The molecule has 2 rings (SSSR count). The molecule has 12 atom stereocenters. The molecule has 0 aromatic rings. The van der Waals surface area contributed by atoms with Crippen molar-refractivity contribution in [2.45, 2.75) is 396 Å². The number of aliphatic hydroxyl groups is 8. The van der Waals surface area contributed by atoms with Crippen molar-refractivity contribution in [1.82, 2.24) is 5.32 Å². The van der Waals surface area contributed by atoms with Gasteiger partial charge in [-0.15, -0.1) is 0 Å². The monoisotopic (exact) mass is 1220 g/mol. The Balaban J connectivity index is 1.54. The van der Waals surface area contributed by atoms with Crippen molar-refractivity contribution in [3.05, 3.63) is 36.5 Å². The summed E-state index contributed by atoms with van der Waals surface area (Å²) in [6.07, 6.45) is 56.9. The largest absolute Gasteiger partial charge is 0.394 e. The second kappa shape index (κ2) is 57.1. The molecule has 2 saturated heterocycles. The van der Waals surface area contributed by atoms with Gasteiger partial charge in [-0.1, -0.05) is 307 Å². The highest BCUT2D eigenvalue weighted by Crippen LogP contribution is 2.30. The van der Waals surface area contributed by atoms with Gasteiger partial charge in [-0.25, -0.2) is 0 Å². The summed E-state index contributed by atoms with van der Waals surface area (Å²) in [4.78, 5) is 13.3. The summed E-state index contributed by atoms with van der Waals surface area (Å²) in [7, 11) is 0. The van der Waals surface area contributed by atoms with Crippen LogP contribution >= 0.6 is 0 Å². The minimum Gasteiger partial charge on any atom is -0.394 e. The fourth-order valence-electron chi connectivity index (χ4n) is 12.0. The number of allylic oxidation sites excluding steroid dienone is 5. The molecule has 0 aromatic carbocycles. The first-order valence-corrected chi connectivity index (χ1v) is 36.2. The van der Waals surface area contributed by atoms with Crippen LogP contribution in [0.4, 0.5) is 0 Å². The van der Waals surface area contributed by atoms with Gasteiger partial charge in [-0.3, -0.25) is 4.79 Å². The molecule has 2 aliphatic rings. The highest BCUT2D eigenvalue weighted by atomic mass is 16.7. The first-order valence-electron chi connectivity index (χ1n) is 36.2. The second-order valence-electron chi connectivity index (χ2n) is 25.7. The van der Waals surface area contributed by atoms with E-state index in [-0.39, 0.29) is 18.9 Å². The molecule has 0 aliphatic carbocycles. The molecule has 0 saturated carbocycles. The first kappa shape index (κ1) is 80.3. The molecule has 1 amide bonds. The van der Waals surface area contributed by atoms with E-state index in [2.05, 4.69) is 43.5 Å². The lowest BCUT2D eigenvalue weighted by Gasteiger charge is -2.46. The summed E-state index contributed by atoms with van der Waals surface area (Å²) in [5.74, 6) is -0.249. The van der Waals surface area contributed by atoms with Crippen LogP contribution in [0.1, 0.15) is 322 Å². The lowest BCUT2D eigenvalue weighted by molar-refractivity contribution is -0.359. The average molecular weight is 1220 g/mol. The van der Waals surface area contributed by atoms with E-state index < -0.39 is 86.8 Å². The fraction of sp³-hybridized carbons (Fsp3) is 0.903. The predicted octanol–water partition coefficient (Wildman–Crippen LogP) is 14.9. The van der Waals surface area contributed by atoms with Crippen LogP contribution < -0.4 is 5.32 Å². The smallest absolute Gasteiger partial charge is 0.220 e. The molecule has 2 fully saturated rings. The van der Waals surface area contributed by atoms with Crippen molar-refractivity contribution in [2.24, 2.45) is 0 Å². The summed E-state index contributed by atoms with van der Waals surface area (Å²) in [6.45, 7) is 2.77. The number of carbonyl (C=O) groups excluding carboxylic acids is 1. The number of aliphatic hydroxyl groups excluding tert-OH is 8. The first-order chi connectivity index (χ1) is 42.1. The third-order valence-corrected chi connectivity index (χ3v) is 17.8. The van der Waals surface area contributed by atoms with Gasteiger partial charge >= 0.3 is 0 Å². The Kier molecular flexibility index (Phi) is 53.4. The van der Waals surface area contributed by atoms with Crippen molar-refractivity contribution in [2.75, 3.05) is 19.8 Å². The average Bonchev–Trinajstić information content (AvgIpc) is 2.92. The van der Waals surface area contributed by atoms with Crippen LogP contribution in [-0.2, 0) is 23.7 Å². The lowest BCUT2D eigenvalue weighted by atomic mass is 9.97. The van der Waals surface area contributed by atoms with Crippen molar-refractivity contribution >= 4 is 5.91 Å². The van der Waals surface area contributed by atoms with Crippen molar-refractivity contribution < 1.29 is 64.6 Å². The van der Waals surface area contributed by atoms with Crippen LogP contribution in [0.2, 0.25) is 0 Å². The summed E-state index contributed by atoms with van der Waals surface area (Å²) >= 11 is 0. The molecular formula is C72H135NO13.